The molecular formula is C20H16ClN3O5. The standard InChI is InChI=1S/C20H16ClN3O5/c1-2-17(18(25)23-11-7-8-13(21)12(9-11)19(26)27)29-20(28)16-10-22-14-5-3-4-6-15(14)24-16/h3-10,17H,2H2,1H3,(H,23,25)(H,26,27). The van der Waals surface area contributed by atoms with Crippen LogP contribution in [0.3, 0.4) is 0 Å². The van der Waals surface area contributed by atoms with Gasteiger partial charge in [-0.2, -0.15) is 0 Å². The lowest BCUT2D eigenvalue weighted by Gasteiger charge is -2.16. The Morgan fingerprint density at radius 2 is 1.90 bits per heavy atom. The molecule has 0 radical (unpaired) electrons. The van der Waals surface area contributed by atoms with E-state index < -0.39 is 23.9 Å². The summed E-state index contributed by atoms with van der Waals surface area (Å²) in [4.78, 5) is 44.4. The molecule has 0 aliphatic carbocycles. The van der Waals surface area contributed by atoms with Crippen molar-refractivity contribution in [2.45, 2.75) is 19.4 Å². The van der Waals surface area contributed by atoms with Crippen LogP contribution in [0, 0.1) is 0 Å². The number of halogens is 1. The molecule has 0 spiro atoms. The predicted molar refractivity (Wildman–Crippen MR) is 106 cm³/mol. The van der Waals surface area contributed by atoms with Gasteiger partial charge < -0.3 is 15.2 Å². The topological polar surface area (TPSA) is 118 Å². The van der Waals surface area contributed by atoms with Gasteiger partial charge in [0, 0.05) is 5.69 Å². The molecule has 8 nitrogen and oxygen atoms in total. The van der Waals surface area contributed by atoms with E-state index in [1.165, 1.54) is 24.4 Å². The first-order valence-corrected chi connectivity index (χ1v) is 9.03. The van der Waals surface area contributed by atoms with Crippen LogP contribution in [0.2, 0.25) is 5.02 Å². The minimum Gasteiger partial charge on any atom is -0.478 e. The van der Waals surface area contributed by atoms with E-state index in [1.807, 2.05) is 0 Å². The largest absolute Gasteiger partial charge is 0.478 e. The number of hydrogen-bond donors (Lipinski definition) is 2. The van der Waals surface area contributed by atoms with Crippen molar-refractivity contribution < 1.29 is 24.2 Å². The van der Waals surface area contributed by atoms with Crippen molar-refractivity contribution in [2.24, 2.45) is 0 Å². The SMILES string of the molecule is CCC(OC(=O)c1cnc2ccccc2n1)C(=O)Nc1ccc(Cl)c(C(=O)O)c1. The molecule has 0 aliphatic rings. The van der Waals surface area contributed by atoms with E-state index in [4.69, 9.17) is 21.4 Å². The van der Waals surface area contributed by atoms with E-state index in [1.54, 1.807) is 31.2 Å². The third kappa shape index (κ3) is 4.67. The normalized spacial score (nSPS) is 11.7. The third-order valence-electron chi connectivity index (χ3n) is 4.03. The van der Waals surface area contributed by atoms with Gasteiger partial charge in [0.25, 0.3) is 5.91 Å². The van der Waals surface area contributed by atoms with Crippen LogP contribution in [0.15, 0.2) is 48.7 Å². The molecule has 1 unspecified atom stereocenters. The second-order valence-corrected chi connectivity index (χ2v) is 6.44. The number of aromatic nitrogens is 2. The number of carboxylic acids is 1. The van der Waals surface area contributed by atoms with E-state index in [9.17, 15) is 14.4 Å². The van der Waals surface area contributed by atoms with Crippen LogP contribution in [0.5, 0.6) is 0 Å². The summed E-state index contributed by atoms with van der Waals surface area (Å²) in [7, 11) is 0. The van der Waals surface area contributed by atoms with Gasteiger partial charge in [-0.05, 0) is 36.8 Å². The highest BCUT2D eigenvalue weighted by Gasteiger charge is 2.23. The number of ether oxygens (including phenoxy) is 1. The number of nitrogens with zero attached hydrogens (tertiary/aromatic N) is 2. The minimum absolute atomic E-state index is 0.0189. The van der Waals surface area contributed by atoms with Crippen LogP contribution < -0.4 is 5.32 Å². The summed E-state index contributed by atoms with van der Waals surface area (Å²) in [6.45, 7) is 1.67. The molecule has 0 aliphatic heterocycles. The number of aromatic carboxylic acids is 1. The van der Waals surface area contributed by atoms with Gasteiger partial charge in [0.2, 0.25) is 0 Å². The van der Waals surface area contributed by atoms with Crippen molar-refractivity contribution >= 4 is 46.2 Å². The van der Waals surface area contributed by atoms with E-state index in [-0.39, 0.29) is 28.4 Å². The third-order valence-corrected chi connectivity index (χ3v) is 4.36. The first kappa shape index (κ1) is 20.2. The Kier molecular flexibility index (Phi) is 6.04. The van der Waals surface area contributed by atoms with Gasteiger partial charge in [0.1, 0.15) is 0 Å². The fraction of sp³-hybridized carbons (Fsp3) is 0.150. The first-order chi connectivity index (χ1) is 13.9. The second-order valence-electron chi connectivity index (χ2n) is 6.04. The van der Waals surface area contributed by atoms with E-state index in [2.05, 4.69) is 15.3 Å². The van der Waals surface area contributed by atoms with Gasteiger partial charge in [-0.25, -0.2) is 14.6 Å². The minimum atomic E-state index is -1.22. The molecule has 1 aromatic heterocycles. The first-order valence-electron chi connectivity index (χ1n) is 8.65. The molecule has 9 heteroatoms. The summed E-state index contributed by atoms with van der Waals surface area (Å²) < 4.78 is 5.27. The van der Waals surface area contributed by atoms with Gasteiger partial charge in [0.05, 0.1) is 27.8 Å². The maximum Gasteiger partial charge on any atom is 0.359 e. The Bertz CT molecular complexity index is 1100. The summed E-state index contributed by atoms with van der Waals surface area (Å²) in [6, 6.07) is 11.1. The highest BCUT2D eigenvalue weighted by molar-refractivity contribution is 6.33. The number of hydrogen-bond acceptors (Lipinski definition) is 6. The van der Waals surface area contributed by atoms with Gasteiger partial charge in [-0.3, -0.25) is 9.78 Å². The molecule has 1 atom stereocenters. The number of rotatable bonds is 6. The number of carbonyl (C=O) groups excluding carboxylic acids is 2. The number of esters is 1. The number of carbonyl (C=O) groups is 3. The number of para-hydroxylation sites is 2. The Labute approximate surface area is 170 Å². The molecule has 3 aromatic rings. The highest BCUT2D eigenvalue weighted by atomic mass is 35.5. The smallest absolute Gasteiger partial charge is 0.359 e. The number of amides is 1. The zero-order chi connectivity index (χ0) is 21.0. The van der Waals surface area contributed by atoms with Crippen molar-refractivity contribution in [3.8, 4) is 0 Å². The van der Waals surface area contributed by atoms with Crippen molar-refractivity contribution in [1.29, 1.82) is 0 Å². The molecule has 0 fully saturated rings. The van der Waals surface area contributed by atoms with Gasteiger partial charge >= 0.3 is 11.9 Å². The van der Waals surface area contributed by atoms with Crippen molar-refractivity contribution in [3.63, 3.8) is 0 Å². The number of benzene rings is 2. The molecule has 0 bridgehead atoms. The van der Waals surface area contributed by atoms with Gasteiger partial charge in [0.15, 0.2) is 11.8 Å². The fourth-order valence-electron chi connectivity index (χ4n) is 2.56. The van der Waals surface area contributed by atoms with Gasteiger partial charge in [-0.15, -0.1) is 0 Å². The predicted octanol–water partition coefficient (Wildman–Crippen LogP) is 3.56. The van der Waals surface area contributed by atoms with Crippen molar-refractivity contribution in [3.05, 3.63) is 64.9 Å². The zero-order valence-corrected chi connectivity index (χ0v) is 16.0. The molecule has 29 heavy (non-hydrogen) atoms. The maximum absolute atomic E-state index is 12.5. The number of anilines is 1. The van der Waals surface area contributed by atoms with Crippen LogP contribution in [-0.4, -0.2) is 39.0 Å². The average Bonchev–Trinajstić information content (AvgIpc) is 2.72. The fourth-order valence-corrected chi connectivity index (χ4v) is 2.76. The van der Waals surface area contributed by atoms with Crippen LogP contribution in [0.25, 0.3) is 11.0 Å². The van der Waals surface area contributed by atoms with Gasteiger partial charge in [-0.1, -0.05) is 30.7 Å². The summed E-state index contributed by atoms with van der Waals surface area (Å²) in [6.07, 6.45) is 0.394. The number of fused-ring (bicyclic) bond motifs is 1. The number of carboxylic acid groups (broad SMARTS) is 1. The average molecular weight is 414 g/mol. The molecule has 2 N–H and O–H groups in total. The molecular weight excluding hydrogens is 398 g/mol. The molecule has 0 saturated carbocycles. The zero-order valence-electron chi connectivity index (χ0n) is 15.3. The van der Waals surface area contributed by atoms with Crippen LogP contribution in [0.4, 0.5) is 5.69 Å². The van der Waals surface area contributed by atoms with Crippen LogP contribution in [-0.2, 0) is 9.53 Å². The summed E-state index contributed by atoms with van der Waals surface area (Å²) >= 11 is 5.82. The lowest BCUT2D eigenvalue weighted by atomic mass is 10.2. The Hall–Kier alpha value is -3.52. The molecule has 1 amide bonds. The Balaban J connectivity index is 1.73. The highest BCUT2D eigenvalue weighted by Crippen LogP contribution is 2.21. The lowest BCUT2D eigenvalue weighted by molar-refractivity contribution is -0.124. The van der Waals surface area contributed by atoms with E-state index in [0.29, 0.717) is 11.0 Å². The monoisotopic (exact) mass is 413 g/mol. The van der Waals surface area contributed by atoms with E-state index >= 15 is 0 Å². The van der Waals surface area contributed by atoms with Crippen LogP contribution >= 0.6 is 11.6 Å². The van der Waals surface area contributed by atoms with Crippen molar-refractivity contribution in [2.75, 3.05) is 5.32 Å². The Morgan fingerprint density at radius 1 is 1.17 bits per heavy atom. The quantitative estimate of drug-likeness (QED) is 0.593. The summed E-state index contributed by atoms with van der Waals surface area (Å²) in [5, 5.41) is 11.7. The summed E-state index contributed by atoms with van der Waals surface area (Å²) in [5.74, 6) is -2.61. The molecule has 3 rings (SSSR count). The van der Waals surface area contributed by atoms with E-state index in [0.717, 1.165) is 0 Å². The molecule has 0 saturated heterocycles. The molecule has 148 valence electrons. The maximum atomic E-state index is 12.5. The Morgan fingerprint density at radius 3 is 2.59 bits per heavy atom. The number of nitrogens with one attached hydrogen (secondary N) is 1. The molecule has 1 heterocycles. The molecule has 2 aromatic carbocycles. The van der Waals surface area contributed by atoms with Crippen molar-refractivity contribution in [1.82, 2.24) is 9.97 Å². The summed E-state index contributed by atoms with van der Waals surface area (Å²) in [5.41, 5.74) is 1.21. The van der Waals surface area contributed by atoms with Crippen LogP contribution in [0.1, 0.15) is 34.2 Å². The second kappa shape index (κ2) is 8.66. The lowest BCUT2D eigenvalue weighted by Crippen LogP contribution is -2.32.